The van der Waals surface area contributed by atoms with Gasteiger partial charge in [-0.1, -0.05) is 30.0 Å². The van der Waals surface area contributed by atoms with Gasteiger partial charge in [-0.05, 0) is 36.8 Å². The maximum absolute atomic E-state index is 13.9. The molecule has 0 saturated carbocycles. The lowest BCUT2D eigenvalue weighted by molar-refractivity contribution is -0.113. The van der Waals surface area contributed by atoms with Crippen LogP contribution in [-0.4, -0.2) is 26.4 Å². The van der Waals surface area contributed by atoms with Crippen molar-refractivity contribution in [2.24, 2.45) is 7.05 Å². The Morgan fingerprint density at radius 3 is 2.65 bits per heavy atom. The zero-order chi connectivity index (χ0) is 18.7. The van der Waals surface area contributed by atoms with E-state index in [1.807, 2.05) is 0 Å². The van der Waals surface area contributed by atoms with Crippen molar-refractivity contribution in [3.05, 3.63) is 59.7 Å². The first kappa shape index (κ1) is 18.1. The van der Waals surface area contributed by atoms with E-state index in [1.165, 1.54) is 12.1 Å². The molecule has 26 heavy (non-hydrogen) atoms. The van der Waals surface area contributed by atoms with Crippen LogP contribution in [0.3, 0.4) is 0 Å². The zero-order valence-corrected chi connectivity index (χ0v) is 15.0. The molecule has 0 atom stereocenters. The van der Waals surface area contributed by atoms with E-state index in [1.54, 1.807) is 48.9 Å². The predicted octanol–water partition coefficient (Wildman–Crippen LogP) is 3.80. The zero-order valence-electron chi connectivity index (χ0n) is 14.2. The van der Waals surface area contributed by atoms with Gasteiger partial charge < -0.3 is 9.88 Å². The second-order valence-electron chi connectivity index (χ2n) is 5.65. The van der Waals surface area contributed by atoms with Crippen LogP contribution >= 0.6 is 11.8 Å². The number of carbonyl (C=O) groups is 1. The van der Waals surface area contributed by atoms with Gasteiger partial charge in [-0.2, -0.15) is 0 Å². The van der Waals surface area contributed by atoms with Gasteiger partial charge in [0.05, 0.1) is 11.3 Å². The molecule has 0 aliphatic rings. The second kappa shape index (κ2) is 7.65. The van der Waals surface area contributed by atoms with E-state index in [-0.39, 0.29) is 17.5 Å². The van der Waals surface area contributed by atoms with Crippen molar-refractivity contribution in [1.82, 2.24) is 14.8 Å². The Bertz CT molecular complexity index is 958. The fourth-order valence-electron chi connectivity index (χ4n) is 2.32. The summed E-state index contributed by atoms with van der Waals surface area (Å²) in [5.74, 6) is -0.615. The first-order valence-corrected chi connectivity index (χ1v) is 8.77. The molecule has 0 radical (unpaired) electrons. The molecule has 8 heteroatoms. The molecule has 1 aromatic heterocycles. The molecular weight excluding hydrogens is 358 g/mol. The quantitative estimate of drug-likeness (QED) is 0.690. The van der Waals surface area contributed by atoms with Gasteiger partial charge in [-0.25, -0.2) is 8.78 Å². The molecule has 0 spiro atoms. The molecule has 0 bridgehead atoms. The summed E-state index contributed by atoms with van der Waals surface area (Å²) >= 11 is 1.16. The summed E-state index contributed by atoms with van der Waals surface area (Å²) in [5.41, 5.74) is 1.25. The Balaban J connectivity index is 1.66. The molecule has 2 aromatic carbocycles. The lowest BCUT2D eigenvalue weighted by Gasteiger charge is -2.07. The number of nitrogens with zero attached hydrogens (tertiary/aromatic N) is 3. The Labute approximate surface area is 153 Å². The van der Waals surface area contributed by atoms with Gasteiger partial charge in [-0.15, -0.1) is 10.2 Å². The van der Waals surface area contributed by atoms with Crippen molar-refractivity contribution >= 4 is 23.4 Å². The Kier molecular flexibility index (Phi) is 5.32. The Hall–Kier alpha value is -2.74. The van der Waals surface area contributed by atoms with E-state index in [0.29, 0.717) is 27.8 Å². The van der Waals surface area contributed by atoms with E-state index in [2.05, 4.69) is 15.5 Å². The van der Waals surface area contributed by atoms with Crippen molar-refractivity contribution in [2.45, 2.75) is 12.1 Å². The molecular formula is C18H16F2N4OS. The average Bonchev–Trinajstić information content (AvgIpc) is 2.97. The van der Waals surface area contributed by atoms with Crippen molar-refractivity contribution in [3.8, 4) is 11.4 Å². The highest BCUT2D eigenvalue weighted by molar-refractivity contribution is 7.99. The monoisotopic (exact) mass is 374 g/mol. The van der Waals surface area contributed by atoms with Crippen molar-refractivity contribution in [3.63, 3.8) is 0 Å². The average molecular weight is 374 g/mol. The van der Waals surface area contributed by atoms with E-state index in [0.717, 1.165) is 11.8 Å². The maximum Gasteiger partial charge on any atom is 0.234 e. The number of carbonyl (C=O) groups excluding carboxylic acids is 1. The second-order valence-corrected chi connectivity index (χ2v) is 6.59. The molecule has 1 heterocycles. The molecule has 5 nitrogen and oxygen atoms in total. The molecule has 1 N–H and O–H groups in total. The third-order valence-electron chi connectivity index (χ3n) is 3.74. The third kappa shape index (κ3) is 3.91. The van der Waals surface area contributed by atoms with Crippen LogP contribution in [0.25, 0.3) is 11.4 Å². The lowest BCUT2D eigenvalue weighted by atomic mass is 10.2. The number of aromatic nitrogens is 3. The van der Waals surface area contributed by atoms with Crippen molar-refractivity contribution < 1.29 is 13.6 Å². The van der Waals surface area contributed by atoms with Gasteiger partial charge in [0.25, 0.3) is 0 Å². The number of benzene rings is 2. The van der Waals surface area contributed by atoms with Crippen LogP contribution in [-0.2, 0) is 11.8 Å². The van der Waals surface area contributed by atoms with Crippen LogP contribution in [0, 0.1) is 18.6 Å². The summed E-state index contributed by atoms with van der Waals surface area (Å²) in [6.45, 7) is 1.65. The normalized spacial score (nSPS) is 10.8. The predicted molar refractivity (Wildman–Crippen MR) is 96.9 cm³/mol. The van der Waals surface area contributed by atoms with Gasteiger partial charge in [-0.3, -0.25) is 4.79 Å². The van der Waals surface area contributed by atoms with Crippen LogP contribution in [0.5, 0.6) is 0 Å². The van der Waals surface area contributed by atoms with Crippen LogP contribution < -0.4 is 5.32 Å². The summed E-state index contributed by atoms with van der Waals surface area (Å²) in [4.78, 5) is 12.1. The Morgan fingerprint density at radius 2 is 1.92 bits per heavy atom. The molecule has 3 aromatic rings. The number of aryl methyl sites for hydroxylation is 1. The highest BCUT2D eigenvalue weighted by Gasteiger charge is 2.15. The number of hydrogen-bond acceptors (Lipinski definition) is 4. The van der Waals surface area contributed by atoms with E-state index < -0.39 is 5.82 Å². The molecule has 0 unspecified atom stereocenters. The Morgan fingerprint density at radius 1 is 1.15 bits per heavy atom. The fourth-order valence-corrected chi connectivity index (χ4v) is 3.03. The molecule has 0 aliphatic carbocycles. The summed E-state index contributed by atoms with van der Waals surface area (Å²) in [6.07, 6.45) is 0. The number of halogens is 2. The first-order chi connectivity index (χ1) is 12.5. The van der Waals surface area contributed by atoms with Crippen LogP contribution in [0.15, 0.2) is 47.6 Å². The number of rotatable bonds is 5. The minimum Gasteiger partial charge on any atom is -0.325 e. The lowest BCUT2D eigenvalue weighted by Crippen LogP contribution is -2.14. The standard InChI is InChI=1S/C18H16F2N4OS/c1-11-7-8-12(9-15(11)20)21-16(25)10-26-18-23-22-17(24(18)2)13-5-3-4-6-14(13)19/h3-9H,10H2,1-2H3,(H,21,25). The summed E-state index contributed by atoms with van der Waals surface area (Å²) in [6, 6.07) is 10.8. The number of anilines is 1. The molecule has 1 amide bonds. The van der Waals surface area contributed by atoms with Gasteiger partial charge in [0.1, 0.15) is 11.6 Å². The molecule has 3 rings (SSSR count). The van der Waals surface area contributed by atoms with Gasteiger partial charge in [0, 0.05) is 12.7 Å². The van der Waals surface area contributed by atoms with Crippen molar-refractivity contribution in [1.29, 1.82) is 0 Å². The topological polar surface area (TPSA) is 59.8 Å². The molecule has 0 aliphatic heterocycles. The SMILES string of the molecule is Cc1ccc(NC(=O)CSc2nnc(-c3ccccc3F)n2C)cc1F. The number of amides is 1. The fraction of sp³-hybridized carbons (Fsp3) is 0.167. The van der Waals surface area contributed by atoms with Gasteiger partial charge in [0.2, 0.25) is 5.91 Å². The number of hydrogen-bond donors (Lipinski definition) is 1. The summed E-state index contributed by atoms with van der Waals surface area (Å²) in [5, 5.41) is 11.1. The highest BCUT2D eigenvalue weighted by atomic mass is 32.2. The van der Waals surface area contributed by atoms with Crippen molar-refractivity contribution in [2.75, 3.05) is 11.1 Å². The van der Waals surface area contributed by atoms with Crippen LogP contribution in [0.2, 0.25) is 0 Å². The number of nitrogens with one attached hydrogen (secondary N) is 1. The molecule has 0 saturated heterocycles. The van der Waals surface area contributed by atoms with E-state index in [4.69, 9.17) is 0 Å². The molecule has 134 valence electrons. The third-order valence-corrected chi connectivity index (χ3v) is 4.76. The maximum atomic E-state index is 13.9. The minimum atomic E-state index is -0.390. The largest absolute Gasteiger partial charge is 0.325 e. The van der Waals surface area contributed by atoms with E-state index >= 15 is 0 Å². The van der Waals surface area contributed by atoms with Crippen LogP contribution in [0.1, 0.15) is 5.56 Å². The summed E-state index contributed by atoms with van der Waals surface area (Å²) in [7, 11) is 1.71. The van der Waals surface area contributed by atoms with E-state index in [9.17, 15) is 13.6 Å². The summed E-state index contributed by atoms with van der Waals surface area (Å²) < 4.78 is 29.0. The van der Waals surface area contributed by atoms with Gasteiger partial charge in [0.15, 0.2) is 11.0 Å². The highest BCUT2D eigenvalue weighted by Crippen LogP contribution is 2.24. The first-order valence-electron chi connectivity index (χ1n) is 7.79. The molecule has 0 fully saturated rings. The van der Waals surface area contributed by atoms with Crippen LogP contribution in [0.4, 0.5) is 14.5 Å². The number of thioether (sulfide) groups is 1. The van der Waals surface area contributed by atoms with Gasteiger partial charge >= 0.3 is 0 Å². The smallest absolute Gasteiger partial charge is 0.234 e. The minimum absolute atomic E-state index is 0.0682.